The maximum atomic E-state index is 10.4. The van der Waals surface area contributed by atoms with Crippen molar-refractivity contribution in [3.63, 3.8) is 0 Å². The molecule has 0 aromatic carbocycles. The van der Waals surface area contributed by atoms with E-state index in [0.29, 0.717) is 6.54 Å². The number of carboxylic acids is 1. The average Bonchev–Trinajstić information content (AvgIpc) is 2.58. The first kappa shape index (κ1) is 11.7. The quantitative estimate of drug-likeness (QED) is 0.583. The summed E-state index contributed by atoms with van der Waals surface area (Å²) in [7, 11) is 0. The van der Waals surface area contributed by atoms with Gasteiger partial charge in [0, 0.05) is 19.5 Å². The molecule has 1 aromatic rings. The van der Waals surface area contributed by atoms with Crippen LogP contribution in [0.2, 0.25) is 0 Å². The molecule has 0 saturated carbocycles. The third-order valence-corrected chi connectivity index (χ3v) is 2.03. The summed E-state index contributed by atoms with van der Waals surface area (Å²) in [6.07, 6.45) is 0.736. The van der Waals surface area contributed by atoms with Crippen molar-refractivity contribution < 1.29 is 14.3 Å². The van der Waals surface area contributed by atoms with E-state index in [2.05, 4.69) is 5.32 Å². The van der Waals surface area contributed by atoms with E-state index in [1.165, 1.54) is 0 Å². The molecule has 84 valence electrons. The topological polar surface area (TPSA) is 88.5 Å². The highest BCUT2D eigenvalue weighted by Gasteiger charge is 2.09. The smallest absolute Gasteiger partial charge is 0.321 e. The monoisotopic (exact) mass is 212 g/mol. The first-order valence-electron chi connectivity index (χ1n) is 4.84. The number of aryl methyl sites for hydroxylation is 1. The Morgan fingerprint density at radius 3 is 2.93 bits per heavy atom. The molecule has 1 aromatic heterocycles. The third kappa shape index (κ3) is 4.14. The number of carboxylic acid groups (broad SMARTS) is 1. The summed E-state index contributed by atoms with van der Waals surface area (Å²) in [4.78, 5) is 10.4. The largest absolute Gasteiger partial charge is 0.480 e. The van der Waals surface area contributed by atoms with Crippen molar-refractivity contribution in [3.05, 3.63) is 23.7 Å². The number of aliphatic carboxylic acids is 1. The second kappa shape index (κ2) is 5.53. The van der Waals surface area contributed by atoms with Crippen LogP contribution in [0.3, 0.4) is 0 Å². The van der Waals surface area contributed by atoms with Gasteiger partial charge in [-0.25, -0.2) is 0 Å². The van der Waals surface area contributed by atoms with Gasteiger partial charge in [0.25, 0.3) is 0 Å². The highest BCUT2D eigenvalue weighted by molar-refractivity contribution is 5.73. The summed E-state index contributed by atoms with van der Waals surface area (Å²) in [6, 6.07) is 2.97. The predicted octanol–water partition coefficient (Wildman–Crippen LogP) is 0.132. The normalized spacial score (nSPS) is 12.7. The van der Waals surface area contributed by atoms with E-state index in [-0.39, 0.29) is 6.54 Å². The van der Waals surface area contributed by atoms with Gasteiger partial charge in [0.2, 0.25) is 0 Å². The molecule has 5 heteroatoms. The number of rotatable bonds is 6. The van der Waals surface area contributed by atoms with Crippen LogP contribution < -0.4 is 11.1 Å². The Balaban J connectivity index is 2.14. The van der Waals surface area contributed by atoms with Crippen LogP contribution in [0, 0.1) is 6.92 Å². The fraction of sp³-hybridized carbons (Fsp3) is 0.500. The summed E-state index contributed by atoms with van der Waals surface area (Å²) in [6.45, 7) is 2.82. The molecule has 1 atom stereocenters. The number of nitrogens with one attached hydrogen (secondary N) is 1. The van der Waals surface area contributed by atoms with Crippen LogP contribution >= 0.6 is 0 Å². The van der Waals surface area contributed by atoms with Crippen LogP contribution in [0.15, 0.2) is 16.5 Å². The number of hydrogen-bond acceptors (Lipinski definition) is 4. The molecule has 1 unspecified atom stereocenters. The molecular formula is C10H16N2O3. The Kier molecular flexibility index (Phi) is 4.33. The van der Waals surface area contributed by atoms with E-state index in [4.69, 9.17) is 15.3 Å². The van der Waals surface area contributed by atoms with Crippen LogP contribution in [0.25, 0.3) is 0 Å². The van der Waals surface area contributed by atoms with E-state index in [1.807, 2.05) is 19.1 Å². The van der Waals surface area contributed by atoms with Crippen molar-refractivity contribution >= 4 is 5.97 Å². The molecule has 0 amide bonds. The molecule has 0 bridgehead atoms. The van der Waals surface area contributed by atoms with E-state index in [0.717, 1.165) is 17.9 Å². The minimum Gasteiger partial charge on any atom is -0.480 e. The molecule has 0 saturated heterocycles. The number of furan rings is 1. The maximum Gasteiger partial charge on any atom is 0.321 e. The van der Waals surface area contributed by atoms with Crippen LogP contribution in [0.4, 0.5) is 0 Å². The molecule has 4 N–H and O–H groups in total. The van der Waals surface area contributed by atoms with Gasteiger partial charge >= 0.3 is 5.97 Å². The standard InChI is InChI=1S/C10H16N2O3/c1-7-2-3-8(15-7)4-5-12-6-9(11)10(13)14/h2-3,9,12H,4-6,11H2,1H3,(H,13,14). The Morgan fingerprint density at radius 1 is 1.67 bits per heavy atom. The number of nitrogens with two attached hydrogens (primary N) is 1. The molecule has 0 aliphatic carbocycles. The Morgan fingerprint density at radius 2 is 2.40 bits per heavy atom. The lowest BCUT2D eigenvalue weighted by molar-refractivity contribution is -0.138. The van der Waals surface area contributed by atoms with Gasteiger partial charge < -0.3 is 20.6 Å². The van der Waals surface area contributed by atoms with Gasteiger partial charge in [-0.2, -0.15) is 0 Å². The lowest BCUT2D eigenvalue weighted by atomic mass is 10.3. The minimum absolute atomic E-state index is 0.273. The van der Waals surface area contributed by atoms with Crippen molar-refractivity contribution in [2.24, 2.45) is 5.73 Å². The number of hydrogen-bond donors (Lipinski definition) is 3. The zero-order valence-corrected chi connectivity index (χ0v) is 8.69. The molecule has 0 aliphatic rings. The van der Waals surface area contributed by atoms with Gasteiger partial charge in [-0.1, -0.05) is 0 Å². The lowest BCUT2D eigenvalue weighted by Gasteiger charge is -2.06. The minimum atomic E-state index is -0.989. The second-order valence-corrected chi connectivity index (χ2v) is 3.41. The van der Waals surface area contributed by atoms with E-state index < -0.39 is 12.0 Å². The Hall–Kier alpha value is -1.33. The molecule has 5 nitrogen and oxygen atoms in total. The summed E-state index contributed by atoms with van der Waals surface area (Å²) < 4.78 is 5.35. The summed E-state index contributed by atoms with van der Waals surface area (Å²) in [5.74, 6) is 0.785. The lowest BCUT2D eigenvalue weighted by Crippen LogP contribution is -2.40. The van der Waals surface area contributed by atoms with Gasteiger partial charge in [-0.15, -0.1) is 0 Å². The van der Waals surface area contributed by atoms with Crippen molar-refractivity contribution in [2.75, 3.05) is 13.1 Å². The fourth-order valence-corrected chi connectivity index (χ4v) is 1.18. The Bertz CT molecular complexity index is 322. The van der Waals surface area contributed by atoms with Crippen molar-refractivity contribution in [1.82, 2.24) is 5.32 Å². The van der Waals surface area contributed by atoms with E-state index >= 15 is 0 Å². The SMILES string of the molecule is Cc1ccc(CCNCC(N)C(=O)O)o1. The highest BCUT2D eigenvalue weighted by atomic mass is 16.4. The summed E-state index contributed by atoms with van der Waals surface area (Å²) >= 11 is 0. The van der Waals surface area contributed by atoms with Crippen LogP contribution in [-0.4, -0.2) is 30.2 Å². The first-order valence-corrected chi connectivity index (χ1v) is 4.84. The van der Waals surface area contributed by atoms with Crippen molar-refractivity contribution in [1.29, 1.82) is 0 Å². The van der Waals surface area contributed by atoms with Gasteiger partial charge in [0.15, 0.2) is 0 Å². The maximum absolute atomic E-state index is 10.4. The number of carbonyl (C=O) groups is 1. The average molecular weight is 212 g/mol. The molecule has 0 radical (unpaired) electrons. The molecule has 0 aliphatic heterocycles. The van der Waals surface area contributed by atoms with Gasteiger partial charge in [0.1, 0.15) is 17.6 Å². The highest BCUT2D eigenvalue weighted by Crippen LogP contribution is 2.05. The molecule has 1 rings (SSSR count). The third-order valence-electron chi connectivity index (χ3n) is 2.03. The fourth-order valence-electron chi connectivity index (χ4n) is 1.18. The molecular weight excluding hydrogens is 196 g/mol. The zero-order valence-electron chi connectivity index (χ0n) is 8.69. The summed E-state index contributed by atoms with van der Waals surface area (Å²) in [5, 5.41) is 11.5. The van der Waals surface area contributed by atoms with Crippen molar-refractivity contribution in [3.8, 4) is 0 Å². The van der Waals surface area contributed by atoms with Crippen LogP contribution in [0.1, 0.15) is 11.5 Å². The second-order valence-electron chi connectivity index (χ2n) is 3.41. The van der Waals surface area contributed by atoms with E-state index in [1.54, 1.807) is 0 Å². The molecule has 0 spiro atoms. The summed E-state index contributed by atoms with van der Waals surface area (Å²) in [5.41, 5.74) is 5.31. The zero-order chi connectivity index (χ0) is 11.3. The molecule has 0 fully saturated rings. The van der Waals surface area contributed by atoms with Gasteiger partial charge in [0.05, 0.1) is 0 Å². The van der Waals surface area contributed by atoms with Crippen molar-refractivity contribution in [2.45, 2.75) is 19.4 Å². The molecule has 15 heavy (non-hydrogen) atoms. The predicted molar refractivity (Wildman–Crippen MR) is 55.6 cm³/mol. The van der Waals surface area contributed by atoms with Gasteiger partial charge in [-0.05, 0) is 19.1 Å². The first-order chi connectivity index (χ1) is 7.09. The van der Waals surface area contributed by atoms with E-state index in [9.17, 15) is 4.79 Å². The molecule has 1 heterocycles. The van der Waals surface area contributed by atoms with Crippen LogP contribution in [0.5, 0.6) is 0 Å². The van der Waals surface area contributed by atoms with Crippen LogP contribution in [-0.2, 0) is 11.2 Å². The Labute approximate surface area is 88.3 Å². The van der Waals surface area contributed by atoms with Gasteiger partial charge in [-0.3, -0.25) is 4.79 Å².